The molecule has 6 aromatic rings. The minimum absolute atomic E-state index is 0.322. The largest absolute Gasteiger partial charge is 0.497 e. The van der Waals surface area contributed by atoms with Crippen molar-refractivity contribution in [2.24, 2.45) is 0 Å². The van der Waals surface area contributed by atoms with Crippen LogP contribution in [0.25, 0.3) is 17.2 Å². The van der Waals surface area contributed by atoms with E-state index in [0.717, 1.165) is 96.6 Å². The molecule has 0 unspecified atom stereocenters. The van der Waals surface area contributed by atoms with E-state index < -0.39 is 11.9 Å². The molecule has 2 N–H and O–H groups in total. The highest BCUT2D eigenvalue weighted by Gasteiger charge is 2.21. The van der Waals surface area contributed by atoms with Gasteiger partial charge in [-0.1, -0.05) is 72.8 Å². The number of benzene rings is 6. The van der Waals surface area contributed by atoms with Gasteiger partial charge in [-0.05, 0) is 167 Å². The van der Waals surface area contributed by atoms with Crippen LogP contribution in [0.4, 0.5) is 0 Å². The lowest BCUT2D eigenvalue weighted by atomic mass is 9.91. The summed E-state index contributed by atoms with van der Waals surface area (Å²) in [5.74, 6) is 1.37. The van der Waals surface area contributed by atoms with Gasteiger partial charge in [0, 0.05) is 12.1 Å². The van der Waals surface area contributed by atoms with E-state index in [2.05, 4.69) is 60.7 Å². The number of ether oxygens (including phenoxy) is 4. The fraction of sp³-hybridized carbons (Fsp3) is 0.222. The van der Waals surface area contributed by atoms with Crippen LogP contribution in [0, 0.1) is 0 Å². The number of fused-ring (bicyclic) bond motifs is 2. The molecule has 8 rings (SSSR count). The van der Waals surface area contributed by atoms with Crippen LogP contribution in [0.5, 0.6) is 23.0 Å². The van der Waals surface area contributed by atoms with Gasteiger partial charge in [0.25, 0.3) is 0 Å². The van der Waals surface area contributed by atoms with Crippen molar-refractivity contribution in [2.45, 2.75) is 51.4 Å². The van der Waals surface area contributed by atoms with E-state index in [0.29, 0.717) is 11.1 Å². The van der Waals surface area contributed by atoms with Crippen molar-refractivity contribution in [3.8, 4) is 23.0 Å². The molecular formula is C54H52O8. The molecule has 6 aromatic carbocycles. The molecule has 2 aliphatic rings. The number of methoxy groups -OCH3 is 4. The number of carbonyl (C=O) groups is 2. The van der Waals surface area contributed by atoms with Crippen LogP contribution < -0.4 is 18.9 Å². The van der Waals surface area contributed by atoms with E-state index in [4.69, 9.17) is 29.2 Å². The lowest BCUT2D eigenvalue weighted by Gasteiger charge is -2.14. The van der Waals surface area contributed by atoms with Gasteiger partial charge in [-0.3, -0.25) is 0 Å². The van der Waals surface area contributed by atoms with Crippen LogP contribution in [0.15, 0.2) is 127 Å². The fourth-order valence-electron chi connectivity index (χ4n) is 8.45. The number of hydrogen-bond acceptors (Lipinski definition) is 6. The van der Waals surface area contributed by atoms with E-state index in [9.17, 15) is 9.59 Å². The van der Waals surface area contributed by atoms with Crippen molar-refractivity contribution in [3.05, 3.63) is 194 Å². The molecule has 0 radical (unpaired) electrons. The summed E-state index contributed by atoms with van der Waals surface area (Å²) in [7, 11) is 6.67. The quantitative estimate of drug-likeness (QED) is 0.105. The summed E-state index contributed by atoms with van der Waals surface area (Å²) in [6.45, 7) is 0. The van der Waals surface area contributed by atoms with Crippen molar-refractivity contribution in [2.75, 3.05) is 28.4 Å². The standard InChI is InChI=1S/2C27H26O4/c2*1-30-24-15-19(16-25(17-24)31-2)14-23-13-12-21-5-3-4-20(26(21)23)9-6-18-7-10-22(11-8-18)27(28)29/h3-5,7-8,10-11,14-17H,6,9,12-13H2,1-2H3,(H,28,29);3-5,7-8,10-11,13,15-17H,6,9,12,14H2,1-2H3,(H,28,29)/b23-14+;. The Morgan fingerprint density at radius 3 is 1.52 bits per heavy atom. The van der Waals surface area contributed by atoms with E-state index in [1.165, 1.54) is 44.5 Å². The van der Waals surface area contributed by atoms with Crippen LogP contribution in [0.3, 0.4) is 0 Å². The summed E-state index contributed by atoms with van der Waals surface area (Å²) < 4.78 is 21.7. The van der Waals surface area contributed by atoms with Crippen LogP contribution in [0.2, 0.25) is 0 Å². The average molecular weight is 829 g/mol. The number of allylic oxidation sites excluding steroid dienone is 3. The Hall–Kier alpha value is -7.06. The Bertz CT molecular complexity index is 2570. The molecule has 0 saturated heterocycles. The highest BCUT2D eigenvalue weighted by atomic mass is 16.5. The van der Waals surface area contributed by atoms with Gasteiger partial charge in [0.05, 0.1) is 39.6 Å². The van der Waals surface area contributed by atoms with Gasteiger partial charge in [-0.25, -0.2) is 9.59 Å². The van der Waals surface area contributed by atoms with Crippen LogP contribution in [0.1, 0.15) is 82.8 Å². The average Bonchev–Trinajstić information content (AvgIpc) is 3.92. The molecular weight excluding hydrogens is 777 g/mol. The number of aromatic carboxylic acids is 2. The third kappa shape index (κ3) is 10.4. The van der Waals surface area contributed by atoms with Crippen LogP contribution in [-0.2, 0) is 44.9 Å². The molecule has 0 aromatic heterocycles. The summed E-state index contributed by atoms with van der Waals surface area (Å²) in [5.41, 5.74) is 16.0. The molecule has 0 atom stereocenters. The number of hydrogen-bond donors (Lipinski definition) is 2. The van der Waals surface area contributed by atoms with Crippen LogP contribution >= 0.6 is 0 Å². The van der Waals surface area contributed by atoms with E-state index in [1.807, 2.05) is 48.5 Å². The Morgan fingerprint density at radius 1 is 0.532 bits per heavy atom. The normalized spacial score (nSPS) is 13.0. The molecule has 0 heterocycles. The zero-order valence-corrected chi connectivity index (χ0v) is 35.7. The predicted octanol–water partition coefficient (Wildman–Crippen LogP) is 11.0. The number of carboxylic acid groups (broad SMARTS) is 2. The summed E-state index contributed by atoms with van der Waals surface area (Å²) >= 11 is 0. The summed E-state index contributed by atoms with van der Waals surface area (Å²) in [5, 5.41) is 18.2. The molecule has 8 nitrogen and oxygen atoms in total. The molecule has 62 heavy (non-hydrogen) atoms. The number of rotatable bonds is 15. The summed E-state index contributed by atoms with van der Waals surface area (Å²) in [6, 6.07) is 39.4. The Morgan fingerprint density at radius 2 is 1.02 bits per heavy atom. The molecule has 0 saturated carbocycles. The topological polar surface area (TPSA) is 112 Å². The molecule has 316 valence electrons. The van der Waals surface area contributed by atoms with Crippen LogP contribution in [-0.4, -0.2) is 50.6 Å². The maximum absolute atomic E-state index is 11.1. The second kappa shape index (κ2) is 20.0. The third-order valence-electron chi connectivity index (χ3n) is 11.6. The van der Waals surface area contributed by atoms with Crippen molar-refractivity contribution in [3.63, 3.8) is 0 Å². The maximum Gasteiger partial charge on any atom is 0.335 e. The molecule has 0 spiro atoms. The van der Waals surface area contributed by atoms with Gasteiger partial charge >= 0.3 is 11.9 Å². The molecule has 0 aliphatic heterocycles. The van der Waals surface area contributed by atoms with Gasteiger partial charge < -0.3 is 29.2 Å². The number of aryl methyl sites for hydroxylation is 5. The zero-order valence-electron chi connectivity index (χ0n) is 35.7. The first-order valence-corrected chi connectivity index (χ1v) is 20.9. The number of carboxylic acids is 2. The van der Waals surface area contributed by atoms with E-state index in [-0.39, 0.29) is 0 Å². The molecule has 2 aliphatic carbocycles. The van der Waals surface area contributed by atoms with Gasteiger partial charge in [0.2, 0.25) is 0 Å². The van der Waals surface area contributed by atoms with Gasteiger partial charge in [-0.15, -0.1) is 0 Å². The molecule has 8 heteroatoms. The van der Waals surface area contributed by atoms with E-state index in [1.54, 1.807) is 52.7 Å². The molecule has 0 fully saturated rings. The monoisotopic (exact) mass is 828 g/mol. The van der Waals surface area contributed by atoms with Crippen molar-refractivity contribution in [1.29, 1.82) is 0 Å². The van der Waals surface area contributed by atoms with Crippen molar-refractivity contribution >= 4 is 29.2 Å². The zero-order chi connectivity index (χ0) is 43.6. The third-order valence-corrected chi connectivity index (χ3v) is 11.6. The van der Waals surface area contributed by atoms with Crippen molar-refractivity contribution in [1.82, 2.24) is 0 Å². The maximum atomic E-state index is 11.1. The minimum Gasteiger partial charge on any atom is -0.497 e. The minimum atomic E-state index is -0.892. The predicted molar refractivity (Wildman–Crippen MR) is 245 cm³/mol. The summed E-state index contributed by atoms with van der Waals surface area (Å²) in [6.07, 6.45) is 12.0. The second-order valence-corrected chi connectivity index (χ2v) is 15.6. The smallest absolute Gasteiger partial charge is 0.335 e. The van der Waals surface area contributed by atoms with E-state index >= 15 is 0 Å². The first kappa shape index (κ1) is 43.0. The SMILES string of the molecule is COc1cc(/C=C2\CCc3cccc(CCc4ccc(C(=O)O)cc4)c32)cc(OC)c1.COc1cc(CC2=CCc3cccc(CCc4ccc(C(=O)O)cc4)c32)cc(OC)c1. The highest BCUT2D eigenvalue weighted by molar-refractivity contribution is 5.89. The Labute approximate surface area is 363 Å². The summed E-state index contributed by atoms with van der Waals surface area (Å²) in [4.78, 5) is 22.1. The Kier molecular flexibility index (Phi) is 13.9. The lowest BCUT2D eigenvalue weighted by molar-refractivity contribution is 0.0686. The lowest BCUT2D eigenvalue weighted by Crippen LogP contribution is -2.01. The van der Waals surface area contributed by atoms with Crippen molar-refractivity contribution < 1.29 is 38.7 Å². The molecule has 0 bridgehead atoms. The first-order valence-electron chi connectivity index (χ1n) is 20.9. The van der Waals surface area contributed by atoms with Gasteiger partial charge in [-0.2, -0.15) is 0 Å². The fourth-order valence-corrected chi connectivity index (χ4v) is 8.45. The second-order valence-electron chi connectivity index (χ2n) is 15.6. The first-order chi connectivity index (χ1) is 30.1. The Balaban J connectivity index is 0.000000186. The van der Waals surface area contributed by atoms with Gasteiger partial charge in [0.1, 0.15) is 23.0 Å². The highest BCUT2D eigenvalue weighted by Crippen LogP contribution is 2.38. The molecule has 0 amide bonds. The van der Waals surface area contributed by atoms with Gasteiger partial charge in [0.15, 0.2) is 0 Å².